The van der Waals surface area contributed by atoms with Gasteiger partial charge in [-0.05, 0) is 32.8 Å². The summed E-state index contributed by atoms with van der Waals surface area (Å²) in [5, 5.41) is 3.88. The van der Waals surface area contributed by atoms with Crippen molar-refractivity contribution in [2.45, 2.75) is 44.8 Å². The summed E-state index contributed by atoms with van der Waals surface area (Å²) in [5.41, 5.74) is 1.04. The lowest BCUT2D eigenvalue weighted by Gasteiger charge is -2.38. The Labute approximate surface area is 152 Å². The van der Waals surface area contributed by atoms with E-state index in [2.05, 4.69) is 10.1 Å². The van der Waals surface area contributed by atoms with Crippen LogP contribution in [-0.4, -0.2) is 52.3 Å². The van der Waals surface area contributed by atoms with E-state index in [-0.39, 0.29) is 17.6 Å². The van der Waals surface area contributed by atoms with E-state index >= 15 is 0 Å². The summed E-state index contributed by atoms with van der Waals surface area (Å²) in [7, 11) is 0. The van der Waals surface area contributed by atoms with Gasteiger partial charge in [-0.3, -0.25) is 4.79 Å². The number of pyridine rings is 1. The van der Waals surface area contributed by atoms with E-state index in [0.29, 0.717) is 42.6 Å². The summed E-state index contributed by atoms with van der Waals surface area (Å²) in [4.78, 5) is 18.8. The highest BCUT2D eigenvalue weighted by molar-refractivity contribution is 5.96. The maximum Gasteiger partial charge on any atom is 0.259 e. The molecule has 4 heterocycles. The van der Waals surface area contributed by atoms with Crippen molar-refractivity contribution in [2.24, 2.45) is 0 Å². The van der Waals surface area contributed by atoms with Crippen molar-refractivity contribution in [3.63, 3.8) is 0 Å². The quantitative estimate of drug-likeness (QED) is 0.840. The van der Waals surface area contributed by atoms with E-state index in [9.17, 15) is 4.79 Å². The molecule has 1 atom stereocenters. The van der Waals surface area contributed by atoms with Gasteiger partial charge in [-0.2, -0.15) is 0 Å². The van der Waals surface area contributed by atoms with Gasteiger partial charge in [0.1, 0.15) is 17.4 Å². The Morgan fingerprint density at radius 1 is 1.31 bits per heavy atom. The average Bonchev–Trinajstić information content (AvgIpc) is 3.19. The highest BCUT2D eigenvalue weighted by Crippen LogP contribution is 2.37. The Kier molecular flexibility index (Phi) is 4.40. The number of carbonyl (C=O) groups excluding carboxylic acids is 1. The van der Waals surface area contributed by atoms with Crippen molar-refractivity contribution in [2.75, 3.05) is 19.7 Å². The number of ether oxygens (including phenoxy) is 2. The summed E-state index contributed by atoms with van der Waals surface area (Å²) < 4.78 is 17.2. The van der Waals surface area contributed by atoms with Crippen LogP contribution in [0.5, 0.6) is 5.88 Å². The van der Waals surface area contributed by atoms with Crippen molar-refractivity contribution in [1.82, 2.24) is 15.0 Å². The lowest BCUT2D eigenvalue weighted by molar-refractivity contribution is -0.0396. The van der Waals surface area contributed by atoms with E-state index in [1.807, 2.05) is 23.1 Å². The van der Waals surface area contributed by atoms with Crippen LogP contribution in [0, 0.1) is 13.8 Å². The second kappa shape index (κ2) is 6.72. The first-order valence-corrected chi connectivity index (χ1v) is 9.00. The topological polar surface area (TPSA) is 77.7 Å². The van der Waals surface area contributed by atoms with Crippen LogP contribution in [-0.2, 0) is 4.74 Å². The SMILES string of the molecule is Cc1noc(C)c1C(=O)N1CCC2(CC1)C[C@H](Oc1ccccn1)CO2. The number of hydrogen-bond acceptors (Lipinski definition) is 6. The highest BCUT2D eigenvalue weighted by Gasteiger charge is 2.44. The zero-order chi connectivity index (χ0) is 18.1. The molecule has 4 rings (SSSR count). The molecular weight excluding hydrogens is 334 g/mol. The van der Waals surface area contributed by atoms with Crippen LogP contribution in [0.15, 0.2) is 28.9 Å². The van der Waals surface area contributed by atoms with Gasteiger partial charge in [0.15, 0.2) is 0 Å². The van der Waals surface area contributed by atoms with Gasteiger partial charge in [0.05, 0.1) is 17.9 Å². The molecule has 7 heteroatoms. The zero-order valence-electron chi connectivity index (χ0n) is 15.1. The summed E-state index contributed by atoms with van der Waals surface area (Å²) in [5.74, 6) is 1.20. The van der Waals surface area contributed by atoms with E-state index in [4.69, 9.17) is 14.0 Å². The minimum absolute atomic E-state index is 0.00428. The zero-order valence-corrected chi connectivity index (χ0v) is 15.1. The van der Waals surface area contributed by atoms with Gasteiger partial charge in [0.2, 0.25) is 5.88 Å². The van der Waals surface area contributed by atoms with Crippen LogP contribution in [0.3, 0.4) is 0 Å². The summed E-state index contributed by atoms with van der Waals surface area (Å²) in [6.07, 6.45) is 4.18. The lowest BCUT2D eigenvalue weighted by atomic mass is 9.87. The molecule has 2 aromatic heterocycles. The van der Waals surface area contributed by atoms with Gasteiger partial charge in [-0.1, -0.05) is 11.2 Å². The van der Waals surface area contributed by atoms with E-state index in [1.54, 1.807) is 20.0 Å². The molecule has 0 saturated carbocycles. The fraction of sp³-hybridized carbons (Fsp3) is 0.526. The monoisotopic (exact) mass is 357 g/mol. The number of aromatic nitrogens is 2. The van der Waals surface area contributed by atoms with Crippen LogP contribution in [0.2, 0.25) is 0 Å². The molecule has 0 radical (unpaired) electrons. The Bertz CT molecular complexity index is 762. The number of aryl methyl sites for hydroxylation is 2. The van der Waals surface area contributed by atoms with E-state index in [0.717, 1.165) is 19.3 Å². The Morgan fingerprint density at radius 3 is 2.77 bits per heavy atom. The highest BCUT2D eigenvalue weighted by atomic mass is 16.6. The molecule has 0 bridgehead atoms. The molecular formula is C19H23N3O4. The second-order valence-corrected chi connectivity index (χ2v) is 7.10. The molecule has 0 aliphatic carbocycles. The minimum atomic E-state index is -0.199. The molecule has 0 N–H and O–H groups in total. The van der Waals surface area contributed by atoms with Crippen LogP contribution < -0.4 is 4.74 Å². The van der Waals surface area contributed by atoms with Crippen molar-refractivity contribution in [3.05, 3.63) is 41.4 Å². The van der Waals surface area contributed by atoms with Gasteiger partial charge in [-0.15, -0.1) is 0 Å². The predicted octanol–water partition coefficient (Wildman–Crippen LogP) is 2.53. The van der Waals surface area contributed by atoms with Gasteiger partial charge in [-0.25, -0.2) is 4.98 Å². The summed E-state index contributed by atoms with van der Waals surface area (Å²) in [6.45, 7) is 5.47. The van der Waals surface area contributed by atoms with E-state index in [1.165, 1.54) is 0 Å². The molecule has 26 heavy (non-hydrogen) atoms. The van der Waals surface area contributed by atoms with Gasteiger partial charge >= 0.3 is 0 Å². The Balaban J connectivity index is 1.36. The van der Waals surface area contributed by atoms with E-state index < -0.39 is 0 Å². The first kappa shape index (κ1) is 17.0. The Hall–Kier alpha value is -2.41. The molecule has 2 aromatic rings. The second-order valence-electron chi connectivity index (χ2n) is 7.10. The molecule has 1 spiro atoms. The summed E-state index contributed by atoms with van der Waals surface area (Å²) >= 11 is 0. The van der Waals surface area contributed by atoms with Gasteiger partial charge in [0.25, 0.3) is 5.91 Å². The van der Waals surface area contributed by atoms with Crippen LogP contribution in [0.4, 0.5) is 0 Å². The molecule has 7 nitrogen and oxygen atoms in total. The van der Waals surface area contributed by atoms with Crippen molar-refractivity contribution in [1.29, 1.82) is 0 Å². The standard InChI is InChI=1S/C19H23N3O4/c1-13-17(14(2)26-21-13)18(23)22-9-6-19(7-10-22)11-15(12-24-19)25-16-5-3-4-8-20-16/h3-5,8,15H,6-7,9-12H2,1-2H3/t15-/m0/s1. The molecule has 2 saturated heterocycles. The van der Waals surface area contributed by atoms with Gasteiger partial charge < -0.3 is 18.9 Å². The molecule has 1 amide bonds. The number of hydrogen-bond donors (Lipinski definition) is 0. The van der Waals surface area contributed by atoms with Crippen molar-refractivity contribution >= 4 is 5.91 Å². The molecule has 0 aromatic carbocycles. The molecule has 2 aliphatic heterocycles. The molecule has 0 unspecified atom stereocenters. The minimum Gasteiger partial charge on any atom is -0.472 e. The van der Waals surface area contributed by atoms with Crippen molar-refractivity contribution < 1.29 is 18.8 Å². The smallest absolute Gasteiger partial charge is 0.259 e. The number of nitrogens with zero attached hydrogens (tertiary/aromatic N) is 3. The van der Waals surface area contributed by atoms with Crippen LogP contribution in [0.25, 0.3) is 0 Å². The maximum absolute atomic E-state index is 12.8. The lowest BCUT2D eigenvalue weighted by Crippen LogP contribution is -2.46. The first-order chi connectivity index (χ1) is 12.6. The first-order valence-electron chi connectivity index (χ1n) is 9.00. The average molecular weight is 357 g/mol. The number of carbonyl (C=O) groups is 1. The molecule has 138 valence electrons. The number of piperidine rings is 1. The van der Waals surface area contributed by atoms with Crippen LogP contribution in [0.1, 0.15) is 41.1 Å². The number of rotatable bonds is 3. The normalized spacial score (nSPS) is 21.9. The van der Waals surface area contributed by atoms with Gasteiger partial charge in [0, 0.05) is 31.8 Å². The molecule has 2 fully saturated rings. The van der Waals surface area contributed by atoms with Crippen molar-refractivity contribution in [3.8, 4) is 5.88 Å². The third-order valence-corrected chi connectivity index (χ3v) is 5.31. The fourth-order valence-corrected chi connectivity index (χ4v) is 3.88. The maximum atomic E-state index is 12.8. The third kappa shape index (κ3) is 3.19. The predicted molar refractivity (Wildman–Crippen MR) is 93.1 cm³/mol. The Morgan fingerprint density at radius 2 is 2.12 bits per heavy atom. The summed E-state index contributed by atoms with van der Waals surface area (Å²) in [6, 6.07) is 5.63. The van der Waals surface area contributed by atoms with Crippen LogP contribution >= 0.6 is 0 Å². The number of likely N-dealkylation sites (tertiary alicyclic amines) is 1. The fourth-order valence-electron chi connectivity index (χ4n) is 3.88. The number of amides is 1. The molecule has 2 aliphatic rings. The largest absolute Gasteiger partial charge is 0.472 e. The third-order valence-electron chi connectivity index (χ3n) is 5.31.